The van der Waals surface area contributed by atoms with Crippen LogP contribution >= 0.6 is 0 Å². The number of benzene rings is 1. The number of pyridine rings is 1. The number of fused-ring (bicyclic) bond motifs is 1. The summed E-state index contributed by atoms with van der Waals surface area (Å²) in [6, 6.07) is 9.66. The highest BCUT2D eigenvalue weighted by Gasteiger charge is 2.07. The lowest BCUT2D eigenvalue weighted by atomic mass is 10.1. The van der Waals surface area contributed by atoms with Gasteiger partial charge in [0.25, 0.3) is 5.56 Å². The highest BCUT2D eigenvalue weighted by Crippen LogP contribution is 2.09. The van der Waals surface area contributed by atoms with Crippen molar-refractivity contribution in [3.05, 3.63) is 46.2 Å². The van der Waals surface area contributed by atoms with Gasteiger partial charge in [-0.2, -0.15) is 0 Å². The zero-order valence-electron chi connectivity index (χ0n) is 11.8. The van der Waals surface area contributed by atoms with Gasteiger partial charge in [0.05, 0.1) is 12.7 Å². The monoisotopic (exact) mass is 276 g/mol. The van der Waals surface area contributed by atoms with E-state index in [9.17, 15) is 4.79 Å². The number of H-pyrrole nitrogens is 1. The van der Waals surface area contributed by atoms with Crippen molar-refractivity contribution in [3.63, 3.8) is 0 Å². The standard InChI is InChI=1S/C15H20N2O3/c1-19-10-13(20-2)9-16-8-12-7-11-5-3-4-6-14(11)17-15(12)18/h3-7,13,16H,8-10H2,1-2H3,(H,17,18). The molecule has 2 aromatic rings. The van der Waals surface area contributed by atoms with Crippen LogP contribution < -0.4 is 10.9 Å². The molecule has 0 fully saturated rings. The van der Waals surface area contributed by atoms with E-state index in [2.05, 4.69) is 10.3 Å². The summed E-state index contributed by atoms with van der Waals surface area (Å²) in [4.78, 5) is 14.8. The van der Waals surface area contributed by atoms with Crippen LogP contribution in [0.3, 0.4) is 0 Å². The second-order valence-electron chi connectivity index (χ2n) is 4.65. The van der Waals surface area contributed by atoms with Crippen molar-refractivity contribution in [1.82, 2.24) is 10.3 Å². The van der Waals surface area contributed by atoms with E-state index in [1.807, 2.05) is 30.3 Å². The van der Waals surface area contributed by atoms with Crippen LogP contribution in [0.15, 0.2) is 35.1 Å². The van der Waals surface area contributed by atoms with E-state index in [1.54, 1.807) is 14.2 Å². The van der Waals surface area contributed by atoms with E-state index in [4.69, 9.17) is 9.47 Å². The molecule has 0 aliphatic heterocycles. The Labute approximate surface area is 117 Å². The smallest absolute Gasteiger partial charge is 0.252 e. The molecule has 1 unspecified atom stereocenters. The number of rotatable bonds is 7. The predicted octanol–water partition coefficient (Wildman–Crippen LogP) is 1.28. The van der Waals surface area contributed by atoms with E-state index in [-0.39, 0.29) is 11.7 Å². The van der Waals surface area contributed by atoms with Crippen LogP contribution in [0.1, 0.15) is 5.56 Å². The van der Waals surface area contributed by atoms with E-state index in [0.717, 1.165) is 16.5 Å². The van der Waals surface area contributed by atoms with Crippen LogP contribution in [0.5, 0.6) is 0 Å². The van der Waals surface area contributed by atoms with Gasteiger partial charge in [0, 0.05) is 38.4 Å². The summed E-state index contributed by atoms with van der Waals surface area (Å²) in [5.74, 6) is 0. The molecule has 2 rings (SSSR count). The Hall–Kier alpha value is -1.69. The zero-order chi connectivity index (χ0) is 14.4. The molecule has 0 aliphatic carbocycles. The molecule has 0 aliphatic rings. The predicted molar refractivity (Wildman–Crippen MR) is 78.9 cm³/mol. The maximum absolute atomic E-state index is 12.0. The lowest BCUT2D eigenvalue weighted by Crippen LogP contribution is -2.32. The summed E-state index contributed by atoms with van der Waals surface area (Å²) in [5.41, 5.74) is 1.52. The topological polar surface area (TPSA) is 63.3 Å². The van der Waals surface area contributed by atoms with Gasteiger partial charge in [-0.25, -0.2) is 0 Å². The summed E-state index contributed by atoms with van der Waals surface area (Å²) in [5, 5.41) is 4.25. The van der Waals surface area contributed by atoms with Crippen LogP contribution in [-0.2, 0) is 16.0 Å². The van der Waals surface area contributed by atoms with E-state index in [0.29, 0.717) is 19.7 Å². The number of aromatic nitrogens is 1. The fourth-order valence-electron chi connectivity index (χ4n) is 2.09. The van der Waals surface area contributed by atoms with Gasteiger partial charge in [-0.15, -0.1) is 0 Å². The van der Waals surface area contributed by atoms with Gasteiger partial charge in [0.1, 0.15) is 0 Å². The maximum atomic E-state index is 12.0. The van der Waals surface area contributed by atoms with E-state index >= 15 is 0 Å². The van der Waals surface area contributed by atoms with Crippen LogP contribution in [0.25, 0.3) is 10.9 Å². The van der Waals surface area contributed by atoms with Crippen molar-refractivity contribution in [2.24, 2.45) is 0 Å². The first-order valence-corrected chi connectivity index (χ1v) is 6.58. The van der Waals surface area contributed by atoms with Crippen molar-refractivity contribution in [3.8, 4) is 0 Å². The third kappa shape index (κ3) is 3.66. The number of hydrogen-bond donors (Lipinski definition) is 2. The first kappa shape index (κ1) is 14.7. The molecule has 5 heteroatoms. The minimum absolute atomic E-state index is 0.0143. The first-order valence-electron chi connectivity index (χ1n) is 6.58. The third-order valence-electron chi connectivity index (χ3n) is 3.20. The Kier molecular flexibility index (Phi) is 5.29. The minimum Gasteiger partial charge on any atom is -0.382 e. The molecular weight excluding hydrogens is 256 g/mol. The van der Waals surface area contributed by atoms with Crippen molar-refractivity contribution in [2.45, 2.75) is 12.6 Å². The number of methoxy groups -OCH3 is 2. The van der Waals surface area contributed by atoms with Crippen molar-refractivity contribution >= 4 is 10.9 Å². The number of para-hydroxylation sites is 1. The average molecular weight is 276 g/mol. The molecule has 2 N–H and O–H groups in total. The van der Waals surface area contributed by atoms with E-state index in [1.165, 1.54) is 0 Å². The SMILES string of the molecule is COCC(CNCc1cc2ccccc2[nH]c1=O)OC. The molecule has 0 saturated heterocycles. The van der Waals surface area contributed by atoms with Crippen molar-refractivity contribution < 1.29 is 9.47 Å². The average Bonchev–Trinajstić information content (AvgIpc) is 2.46. The third-order valence-corrected chi connectivity index (χ3v) is 3.20. The van der Waals surface area contributed by atoms with Crippen molar-refractivity contribution in [2.75, 3.05) is 27.4 Å². The molecule has 1 atom stereocenters. The Morgan fingerprint density at radius 1 is 1.30 bits per heavy atom. The van der Waals surface area contributed by atoms with Gasteiger partial charge in [0.2, 0.25) is 0 Å². The van der Waals surface area contributed by atoms with Gasteiger partial charge in [-0.05, 0) is 17.5 Å². The van der Waals surface area contributed by atoms with Crippen LogP contribution in [0.4, 0.5) is 0 Å². The van der Waals surface area contributed by atoms with Crippen molar-refractivity contribution in [1.29, 1.82) is 0 Å². The number of aromatic amines is 1. The summed E-state index contributed by atoms with van der Waals surface area (Å²) < 4.78 is 10.3. The summed E-state index contributed by atoms with van der Waals surface area (Å²) in [7, 11) is 3.29. The molecule has 0 radical (unpaired) electrons. The maximum Gasteiger partial charge on any atom is 0.252 e. The van der Waals surface area contributed by atoms with Gasteiger partial charge in [-0.1, -0.05) is 18.2 Å². The van der Waals surface area contributed by atoms with Gasteiger partial charge >= 0.3 is 0 Å². The Balaban J connectivity index is 2.02. The molecule has 1 aromatic carbocycles. The molecular formula is C15H20N2O3. The van der Waals surface area contributed by atoms with Crippen LogP contribution in [0, 0.1) is 0 Å². The number of nitrogens with one attached hydrogen (secondary N) is 2. The summed E-state index contributed by atoms with van der Waals surface area (Å²) >= 11 is 0. The second-order valence-corrected chi connectivity index (χ2v) is 4.65. The Morgan fingerprint density at radius 3 is 2.85 bits per heavy atom. The molecule has 1 aromatic heterocycles. The van der Waals surface area contributed by atoms with Gasteiger partial charge in [-0.3, -0.25) is 4.79 Å². The minimum atomic E-state index is -0.0584. The lowest BCUT2D eigenvalue weighted by molar-refractivity contribution is 0.0288. The molecule has 5 nitrogen and oxygen atoms in total. The number of ether oxygens (including phenoxy) is 2. The number of hydrogen-bond acceptors (Lipinski definition) is 4. The largest absolute Gasteiger partial charge is 0.382 e. The highest BCUT2D eigenvalue weighted by atomic mass is 16.5. The Bertz CT molecular complexity index is 609. The van der Waals surface area contributed by atoms with Gasteiger partial charge in [0.15, 0.2) is 0 Å². The summed E-state index contributed by atoms with van der Waals surface area (Å²) in [6.45, 7) is 1.66. The normalized spacial score (nSPS) is 12.7. The molecule has 108 valence electrons. The fraction of sp³-hybridized carbons (Fsp3) is 0.400. The molecule has 0 saturated carbocycles. The molecule has 0 spiro atoms. The Morgan fingerprint density at radius 2 is 2.10 bits per heavy atom. The van der Waals surface area contributed by atoms with E-state index < -0.39 is 0 Å². The fourth-order valence-corrected chi connectivity index (χ4v) is 2.09. The zero-order valence-corrected chi connectivity index (χ0v) is 11.8. The highest BCUT2D eigenvalue weighted by molar-refractivity contribution is 5.78. The van der Waals surface area contributed by atoms with Gasteiger partial charge < -0.3 is 19.8 Å². The first-order chi connectivity index (χ1) is 9.74. The quantitative estimate of drug-likeness (QED) is 0.799. The molecule has 0 bridgehead atoms. The summed E-state index contributed by atoms with van der Waals surface area (Å²) in [6.07, 6.45) is -0.0143. The molecule has 1 heterocycles. The lowest BCUT2D eigenvalue weighted by Gasteiger charge is -2.14. The molecule has 20 heavy (non-hydrogen) atoms. The second kappa shape index (κ2) is 7.19. The van der Waals surface area contributed by atoms with Crippen LogP contribution in [0.2, 0.25) is 0 Å². The van der Waals surface area contributed by atoms with Crippen LogP contribution in [-0.4, -0.2) is 38.5 Å². The molecule has 0 amide bonds.